The summed E-state index contributed by atoms with van der Waals surface area (Å²) in [4.78, 5) is 23.7. The van der Waals surface area contributed by atoms with E-state index in [0.29, 0.717) is 5.00 Å². The Labute approximate surface area is 105 Å². The Bertz CT molecular complexity index is 425. The molecule has 0 saturated heterocycles. The summed E-state index contributed by atoms with van der Waals surface area (Å²) in [5.74, 6) is -1.23. The zero-order chi connectivity index (χ0) is 13.0. The van der Waals surface area contributed by atoms with Gasteiger partial charge in [-0.25, -0.2) is 4.79 Å². The second kappa shape index (κ2) is 5.82. The topological polar surface area (TPSA) is 66.4 Å². The van der Waals surface area contributed by atoms with Crippen LogP contribution in [0.5, 0.6) is 0 Å². The number of thiophene rings is 1. The van der Waals surface area contributed by atoms with Crippen LogP contribution < -0.4 is 5.32 Å². The first kappa shape index (κ1) is 13.7. The van der Waals surface area contributed by atoms with Crippen molar-refractivity contribution in [3.05, 3.63) is 16.5 Å². The average molecular weight is 255 g/mol. The molecule has 0 fully saturated rings. The van der Waals surface area contributed by atoms with Crippen molar-refractivity contribution in [2.45, 2.75) is 33.6 Å². The van der Waals surface area contributed by atoms with Gasteiger partial charge in [0.15, 0.2) is 0 Å². The van der Waals surface area contributed by atoms with Crippen LogP contribution in [0, 0.1) is 5.92 Å². The fourth-order valence-corrected chi connectivity index (χ4v) is 2.28. The molecule has 17 heavy (non-hydrogen) atoms. The van der Waals surface area contributed by atoms with Gasteiger partial charge in [-0.3, -0.25) is 4.79 Å². The summed E-state index contributed by atoms with van der Waals surface area (Å²) in [6.45, 7) is 5.70. The van der Waals surface area contributed by atoms with Crippen LogP contribution in [0.4, 0.5) is 5.00 Å². The van der Waals surface area contributed by atoms with Crippen LogP contribution in [0.2, 0.25) is 0 Å². The lowest BCUT2D eigenvalue weighted by atomic mass is 10.1. The van der Waals surface area contributed by atoms with Crippen LogP contribution in [0.25, 0.3) is 0 Å². The maximum atomic E-state index is 11.7. The molecule has 4 nitrogen and oxygen atoms in total. The highest BCUT2D eigenvalue weighted by molar-refractivity contribution is 7.16. The Balaban J connectivity index is 2.93. The van der Waals surface area contributed by atoms with E-state index < -0.39 is 5.97 Å². The molecule has 2 N–H and O–H groups in total. The van der Waals surface area contributed by atoms with E-state index in [-0.39, 0.29) is 17.4 Å². The number of aromatic carboxylic acids is 1. The van der Waals surface area contributed by atoms with Crippen LogP contribution in [0.1, 0.15) is 42.4 Å². The second-order valence-electron chi connectivity index (χ2n) is 3.91. The van der Waals surface area contributed by atoms with Gasteiger partial charge in [-0.2, -0.15) is 0 Å². The standard InChI is InChI=1S/C12H17NO3S/c1-4-7(3)10(14)13-11-9(12(15)16)6-8(5-2)17-11/h6-7H,4-5H2,1-3H3,(H,13,14)(H,15,16). The average Bonchev–Trinajstić information content (AvgIpc) is 2.71. The SMILES string of the molecule is CCc1cc(C(=O)O)c(NC(=O)C(C)CC)s1. The largest absolute Gasteiger partial charge is 0.478 e. The molecule has 0 aliphatic carbocycles. The quantitative estimate of drug-likeness (QED) is 0.850. The van der Waals surface area contributed by atoms with Gasteiger partial charge in [0, 0.05) is 10.8 Å². The minimum atomic E-state index is -1.000. The molecule has 1 aromatic rings. The molecule has 0 radical (unpaired) electrons. The number of amides is 1. The van der Waals surface area contributed by atoms with Gasteiger partial charge in [0.2, 0.25) is 5.91 Å². The van der Waals surface area contributed by atoms with Crippen molar-refractivity contribution >= 4 is 28.2 Å². The van der Waals surface area contributed by atoms with Crippen LogP contribution in [0.3, 0.4) is 0 Å². The molecular weight excluding hydrogens is 238 g/mol. The molecule has 1 rings (SSSR count). The first-order chi connectivity index (χ1) is 7.99. The number of hydrogen-bond donors (Lipinski definition) is 2. The number of anilines is 1. The van der Waals surface area contributed by atoms with Gasteiger partial charge in [0.25, 0.3) is 0 Å². The van der Waals surface area contributed by atoms with Crippen molar-refractivity contribution in [1.82, 2.24) is 0 Å². The van der Waals surface area contributed by atoms with Crippen molar-refractivity contribution in [2.75, 3.05) is 5.32 Å². The number of hydrogen-bond acceptors (Lipinski definition) is 3. The van der Waals surface area contributed by atoms with Gasteiger partial charge in [-0.15, -0.1) is 11.3 Å². The highest BCUT2D eigenvalue weighted by Gasteiger charge is 2.18. The summed E-state index contributed by atoms with van der Waals surface area (Å²) in [7, 11) is 0. The predicted octanol–water partition coefficient (Wildman–Crippen LogP) is 2.99. The van der Waals surface area contributed by atoms with Gasteiger partial charge in [-0.1, -0.05) is 20.8 Å². The lowest BCUT2D eigenvalue weighted by molar-refractivity contribution is -0.119. The van der Waals surface area contributed by atoms with Crippen molar-refractivity contribution in [3.63, 3.8) is 0 Å². The number of carboxylic acids is 1. The molecule has 0 aliphatic rings. The molecule has 0 spiro atoms. The number of carbonyl (C=O) groups excluding carboxylic acids is 1. The van der Waals surface area contributed by atoms with Crippen LogP contribution in [-0.4, -0.2) is 17.0 Å². The van der Waals surface area contributed by atoms with E-state index in [1.54, 1.807) is 6.07 Å². The normalized spacial score (nSPS) is 12.2. The van der Waals surface area contributed by atoms with Gasteiger partial charge in [-0.05, 0) is 18.9 Å². The molecule has 1 aromatic heterocycles. The number of nitrogens with one attached hydrogen (secondary N) is 1. The number of aryl methyl sites for hydroxylation is 1. The fraction of sp³-hybridized carbons (Fsp3) is 0.500. The lowest BCUT2D eigenvalue weighted by Crippen LogP contribution is -2.20. The summed E-state index contributed by atoms with van der Waals surface area (Å²) in [5, 5.41) is 12.2. The second-order valence-corrected chi connectivity index (χ2v) is 5.05. The zero-order valence-corrected chi connectivity index (χ0v) is 11.1. The third kappa shape index (κ3) is 3.30. The molecule has 0 saturated carbocycles. The summed E-state index contributed by atoms with van der Waals surface area (Å²) in [5.41, 5.74) is 0.184. The van der Waals surface area contributed by atoms with Crippen LogP contribution >= 0.6 is 11.3 Å². The van der Waals surface area contributed by atoms with Gasteiger partial charge in [0.05, 0.1) is 5.56 Å². The zero-order valence-electron chi connectivity index (χ0n) is 10.2. The Morgan fingerprint density at radius 3 is 2.59 bits per heavy atom. The van der Waals surface area contributed by atoms with Crippen LogP contribution in [-0.2, 0) is 11.2 Å². The van der Waals surface area contributed by atoms with E-state index in [1.807, 2.05) is 20.8 Å². The minimum Gasteiger partial charge on any atom is -0.478 e. The van der Waals surface area contributed by atoms with Gasteiger partial charge < -0.3 is 10.4 Å². The highest BCUT2D eigenvalue weighted by atomic mass is 32.1. The Morgan fingerprint density at radius 2 is 2.12 bits per heavy atom. The first-order valence-electron chi connectivity index (χ1n) is 5.66. The molecule has 1 amide bonds. The highest BCUT2D eigenvalue weighted by Crippen LogP contribution is 2.29. The van der Waals surface area contributed by atoms with Crippen molar-refractivity contribution in [1.29, 1.82) is 0 Å². The Kier molecular flexibility index (Phi) is 4.69. The summed E-state index contributed by atoms with van der Waals surface area (Å²) >= 11 is 1.33. The minimum absolute atomic E-state index is 0.108. The van der Waals surface area contributed by atoms with E-state index in [2.05, 4.69) is 5.32 Å². The fourth-order valence-electron chi connectivity index (χ4n) is 1.29. The number of carboxylic acid groups (broad SMARTS) is 1. The Morgan fingerprint density at radius 1 is 1.47 bits per heavy atom. The van der Waals surface area contributed by atoms with E-state index >= 15 is 0 Å². The summed E-state index contributed by atoms with van der Waals surface area (Å²) < 4.78 is 0. The van der Waals surface area contributed by atoms with E-state index in [0.717, 1.165) is 17.7 Å². The Hall–Kier alpha value is -1.36. The predicted molar refractivity (Wildman–Crippen MR) is 68.7 cm³/mol. The summed E-state index contributed by atoms with van der Waals surface area (Å²) in [6, 6.07) is 1.62. The summed E-state index contributed by atoms with van der Waals surface area (Å²) in [6.07, 6.45) is 1.50. The van der Waals surface area contributed by atoms with Crippen LogP contribution in [0.15, 0.2) is 6.07 Å². The maximum Gasteiger partial charge on any atom is 0.338 e. The van der Waals surface area contributed by atoms with Crippen molar-refractivity contribution in [3.8, 4) is 0 Å². The maximum absolute atomic E-state index is 11.7. The van der Waals surface area contributed by atoms with E-state index in [1.165, 1.54) is 11.3 Å². The van der Waals surface area contributed by atoms with Gasteiger partial charge in [0.1, 0.15) is 5.00 Å². The smallest absolute Gasteiger partial charge is 0.338 e. The van der Waals surface area contributed by atoms with Crippen molar-refractivity contribution < 1.29 is 14.7 Å². The monoisotopic (exact) mass is 255 g/mol. The third-order valence-electron chi connectivity index (χ3n) is 2.66. The number of carbonyl (C=O) groups is 2. The molecule has 1 heterocycles. The van der Waals surface area contributed by atoms with Crippen molar-refractivity contribution in [2.24, 2.45) is 5.92 Å². The molecule has 0 aromatic carbocycles. The lowest BCUT2D eigenvalue weighted by Gasteiger charge is -2.08. The molecule has 1 unspecified atom stereocenters. The van der Waals surface area contributed by atoms with E-state index in [4.69, 9.17) is 5.11 Å². The molecule has 0 aliphatic heterocycles. The van der Waals surface area contributed by atoms with E-state index in [9.17, 15) is 9.59 Å². The number of rotatable bonds is 5. The molecule has 94 valence electrons. The first-order valence-corrected chi connectivity index (χ1v) is 6.48. The third-order valence-corrected chi connectivity index (χ3v) is 3.85. The molecule has 1 atom stereocenters. The van der Waals surface area contributed by atoms with Gasteiger partial charge >= 0.3 is 5.97 Å². The molecule has 0 bridgehead atoms. The molecular formula is C12H17NO3S. The molecule has 5 heteroatoms.